The van der Waals surface area contributed by atoms with Gasteiger partial charge in [-0.05, 0) is 49.5 Å². The first-order chi connectivity index (χ1) is 9.11. The lowest BCUT2D eigenvalue weighted by atomic mass is 9.88. The predicted octanol–water partition coefficient (Wildman–Crippen LogP) is 2.83. The number of rotatable bonds is 4. The minimum atomic E-state index is -0.0940. The van der Waals surface area contributed by atoms with Crippen molar-refractivity contribution in [2.24, 2.45) is 11.8 Å². The standard InChI is InChI=1S/C15H19BrN2O.ClH/c1-10(11-8-17-9-11)14(19)18-15(6-7-15)12-2-4-13(16)5-3-12;/h2-5,10-11,17H,6-9H2,1H3,(H,18,19);1H. The zero-order valence-corrected chi connectivity index (χ0v) is 13.9. The predicted molar refractivity (Wildman–Crippen MR) is 86.0 cm³/mol. The minimum Gasteiger partial charge on any atom is -0.346 e. The summed E-state index contributed by atoms with van der Waals surface area (Å²) >= 11 is 3.45. The Balaban J connectivity index is 0.00000147. The van der Waals surface area contributed by atoms with Gasteiger partial charge in [0.05, 0.1) is 5.54 Å². The molecule has 1 heterocycles. The molecule has 1 saturated carbocycles. The van der Waals surface area contributed by atoms with E-state index in [2.05, 4.69) is 38.7 Å². The third-order valence-corrected chi connectivity index (χ3v) is 4.97. The average Bonchev–Trinajstić information content (AvgIpc) is 3.08. The zero-order chi connectivity index (χ0) is 13.5. The molecule has 0 spiro atoms. The van der Waals surface area contributed by atoms with Gasteiger partial charge in [-0.1, -0.05) is 35.0 Å². The van der Waals surface area contributed by atoms with Crippen molar-refractivity contribution in [3.63, 3.8) is 0 Å². The van der Waals surface area contributed by atoms with Gasteiger partial charge >= 0.3 is 0 Å². The number of hydrogen-bond donors (Lipinski definition) is 2. The highest BCUT2D eigenvalue weighted by Crippen LogP contribution is 2.46. The SMILES string of the molecule is CC(C(=O)NC1(c2ccc(Br)cc2)CC1)C1CNC1.Cl. The normalized spacial score (nSPS) is 21.3. The zero-order valence-electron chi connectivity index (χ0n) is 11.5. The van der Waals surface area contributed by atoms with Crippen molar-refractivity contribution >= 4 is 34.2 Å². The van der Waals surface area contributed by atoms with Gasteiger partial charge in [0.2, 0.25) is 5.91 Å². The van der Waals surface area contributed by atoms with Crippen molar-refractivity contribution in [2.45, 2.75) is 25.3 Å². The molecule has 1 unspecified atom stereocenters. The molecule has 1 saturated heterocycles. The van der Waals surface area contributed by atoms with Gasteiger partial charge in [-0.15, -0.1) is 12.4 Å². The molecule has 0 bridgehead atoms. The van der Waals surface area contributed by atoms with Crippen LogP contribution in [0.4, 0.5) is 0 Å². The summed E-state index contributed by atoms with van der Waals surface area (Å²) in [5.41, 5.74) is 1.13. The molecule has 2 fully saturated rings. The third-order valence-electron chi connectivity index (χ3n) is 4.44. The van der Waals surface area contributed by atoms with E-state index in [0.717, 1.165) is 30.4 Å². The second-order valence-corrected chi connectivity index (χ2v) is 6.70. The number of hydrogen-bond acceptors (Lipinski definition) is 2. The summed E-state index contributed by atoms with van der Waals surface area (Å²) < 4.78 is 1.08. The molecule has 2 aliphatic rings. The highest BCUT2D eigenvalue weighted by Gasteiger charge is 2.46. The van der Waals surface area contributed by atoms with Crippen LogP contribution in [0.1, 0.15) is 25.3 Å². The van der Waals surface area contributed by atoms with Crippen molar-refractivity contribution < 1.29 is 4.79 Å². The summed E-state index contributed by atoms with van der Waals surface area (Å²) in [6, 6.07) is 8.29. The number of amides is 1. The molecule has 1 amide bonds. The van der Waals surface area contributed by atoms with E-state index in [1.165, 1.54) is 5.56 Å². The van der Waals surface area contributed by atoms with E-state index >= 15 is 0 Å². The maximum atomic E-state index is 12.3. The van der Waals surface area contributed by atoms with E-state index in [9.17, 15) is 4.79 Å². The first-order valence-electron chi connectivity index (χ1n) is 6.89. The summed E-state index contributed by atoms with van der Waals surface area (Å²) in [7, 11) is 0. The maximum Gasteiger partial charge on any atom is 0.223 e. The highest BCUT2D eigenvalue weighted by molar-refractivity contribution is 9.10. The fourth-order valence-electron chi connectivity index (χ4n) is 2.61. The third kappa shape index (κ3) is 3.02. The lowest BCUT2D eigenvalue weighted by Crippen LogP contribution is -2.51. The van der Waals surface area contributed by atoms with Crippen molar-refractivity contribution in [1.29, 1.82) is 0 Å². The Labute approximate surface area is 134 Å². The Morgan fingerprint density at radius 2 is 1.95 bits per heavy atom. The smallest absolute Gasteiger partial charge is 0.223 e. The first-order valence-corrected chi connectivity index (χ1v) is 7.69. The van der Waals surface area contributed by atoms with Crippen LogP contribution >= 0.6 is 28.3 Å². The Morgan fingerprint density at radius 1 is 1.35 bits per heavy atom. The second-order valence-electron chi connectivity index (χ2n) is 5.79. The van der Waals surface area contributed by atoms with Crippen LogP contribution in [0.25, 0.3) is 0 Å². The molecule has 2 N–H and O–H groups in total. The molecule has 110 valence electrons. The molecule has 1 aliphatic carbocycles. The quantitative estimate of drug-likeness (QED) is 0.868. The molecule has 1 aromatic rings. The van der Waals surface area contributed by atoms with E-state index in [0.29, 0.717) is 5.92 Å². The number of benzene rings is 1. The van der Waals surface area contributed by atoms with E-state index in [1.54, 1.807) is 0 Å². The molecule has 3 nitrogen and oxygen atoms in total. The van der Waals surface area contributed by atoms with Crippen LogP contribution in [0, 0.1) is 11.8 Å². The summed E-state index contributed by atoms with van der Waals surface area (Å²) in [6.07, 6.45) is 2.10. The van der Waals surface area contributed by atoms with Gasteiger partial charge in [-0.2, -0.15) is 0 Å². The summed E-state index contributed by atoms with van der Waals surface area (Å²) in [6.45, 7) is 3.98. The molecule has 0 radical (unpaired) electrons. The molecule has 0 aromatic heterocycles. The Kier molecular flexibility index (Phi) is 4.77. The van der Waals surface area contributed by atoms with Gasteiger partial charge in [0.25, 0.3) is 0 Å². The van der Waals surface area contributed by atoms with Gasteiger partial charge in [0.1, 0.15) is 0 Å². The van der Waals surface area contributed by atoms with E-state index in [-0.39, 0.29) is 29.8 Å². The number of carbonyl (C=O) groups is 1. The molecular weight excluding hydrogens is 340 g/mol. The van der Waals surface area contributed by atoms with Crippen molar-refractivity contribution in [2.75, 3.05) is 13.1 Å². The van der Waals surface area contributed by atoms with Crippen LogP contribution in [0.2, 0.25) is 0 Å². The van der Waals surface area contributed by atoms with Gasteiger partial charge in [-0.3, -0.25) is 4.79 Å². The second kappa shape index (κ2) is 6.04. The Bertz CT molecular complexity index is 483. The lowest BCUT2D eigenvalue weighted by molar-refractivity contribution is -0.127. The molecule has 5 heteroatoms. The van der Waals surface area contributed by atoms with Gasteiger partial charge < -0.3 is 10.6 Å². The summed E-state index contributed by atoms with van der Waals surface area (Å²) in [4.78, 5) is 12.3. The van der Waals surface area contributed by atoms with E-state index in [1.807, 2.05) is 19.1 Å². The molecule has 3 rings (SSSR count). The minimum absolute atomic E-state index is 0. The van der Waals surface area contributed by atoms with E-state index in [4.69, 9.17) is 0 Å². The topological polar surface area (TPSA) is 41.1 Å². The first kappa shape index (κ1) is 15.8. The average molecular weight is 360 g/mol. The Hall–Kier alpha value is -0.580. The fraction of sp³-hybridized carbons (Fsp3) is 0.533. The van der Waals surface area contributed by atoms with Crippen LogP contribution in [-0.2, 0) is 10.3 Å². The molecule has 20 heavy (non-hydrogen) atoms. The molecule has 1 atom stereocenters. The number of nitrogens with one attached hydrogen (secondary N) is 2. The van der Waals surface area contributed by atoms with Crippen LogP contribution in [0.5, 0.6) is 0 Å². The van der Waals surface area contributed by atoms with Crippen LogP contribution in [0.3, 0.4) is 0 Å². The largest absolute Gasteiger partial charge is 0.346 e. The van der Waals surface area contributed by atoms with Gasteiger partial charge in [0.15, 0.2) is 0 Å². The van der Waals surface area contributed by atoms with Crippen molar-refractivity contribution in [1.82, 2.24) is 10.6 Å². The van der Waals surface area contributed by atoms with Crippen molar-refractivity contribution in [3.05, 3.63) is 34.3 Å². The van der Waals surface area contributed by atoms with Crippen LogP contribution in [0.15, 0.2) is 28.7 Å². The monoisotopic (exact) mass is 358 g/mol. The van der Waals surface area contributed by atoms with Crippen LogP contribution < -0.4 is 10.6 Å². The van der Waals surface area contributed by atoms with Crippen molar-refractivity contribution in [3.8, 4) is 0 Å². The number of carbonyl (C=O) groups excluding carboxylic acids is 1. The molecule has 1 aromatic carbocycles. The lowest BCUT2D eigenvalue weighted by Gasteiger charge is -2.33. The molecule has 1 aliphatic heterocycles. The van der Waals surface area contributed by atoms with Crippen LogP contribution in [-0.4, -0.2) is 19.0 Å². The Morgan fingerprint density at radius 3 is 2.40 bits per heavy atom. The maximum absolute atomic E-state index is 12.3. The van der Waals surface area contributed by atoms with Gasteiger partial charge in [-0.25, -0.2) is 0 Å². The fourth-order valence-corrected chi connectivity index (χ4v) is 2.87. The van der Waals surface area contributed by atoms with E-state index < -0.39 is 0 Å². The number of halogens is 2. The highest BCUT2D eigenvalue weighted by atomic mass is 79.9. The summed E-state index contributed by atoms with van der Waals surface area (Å²) in [5, 5.41) is 6.50. The molecular formula is C15H20BrClN2O. The summed E-state index contributed by atoms with van der Waals surface area (Å²) in [5.74, 6) is 0.807. The van der Waals surface area contributed by atoms with Gasteiger partial charge in [0, 0.05) is 10.4 Å².